The fraction of sp³-hybridized carbons (Fsp3) is 0.222. The maximum absolute atomic E-state index is 11.2. The summed E-state index contributed by atoms with van der Waals surface area (Å²) in [5.41, 5.74) is 22.0. The van der Waals surface area contributed by atoms with Gasteiger partial charge in [0, 0.05) is 0 Å². The zero-order valence-electron chi connectivity index (χ0n) is 16.9. The Balaban J connectivity index is 0.000000320. The first-order chi connectivity index (χ1) is 14.8. The highest BCUT2D eigenvalue weighted by atomic mass is 31.2. The van der Waals surface area contributed by atoms with E-state index in [1.807, 2.05) is 12.1 Å². The van der Waals surface area contributed by atoms with E-state index in [2.05, 4.69) is 20.1 Å². The summed E-state index contributed by atoms with van der Waals surface area (Å²) in [5, 5.41) is 0. The van der Waals surface area contributed by atoms with Crippen molar-refractivity contribution in [1.29, 1.82) is 0 Å². The van der Waals surface area contributed by atoms with Gasteiger partial charge in [0.25, 0.3) is 0 Å². The number of rotatable bonds is 8. The van der Waals surface area contributed by atoms with E-state index in [9.17, 15) is 18.7 Å². The highest BCUT2D eigenvalue weighted by molar-refractivity contribution is 7.50. The summed E-state index contributed by atoms with van der Waals surface area (Å²) in [6.45, 7) is 0. The highest BCUT2D eigenvalue weighted by Crippen LogP contribution is 2.32. The summed E-state index contributed by atoms with van der Waals surface area (Å²) in [7, 11) is -8.62. The fourth-order valence-electron chi connectivity index (χ4n) is 2.30. The Morgan fingerprint density at radius 3 is 1.25 bits per heavy atom. The van der Waals surface area contributed by atoms with E-state index in [0.717, 1.165) is 11.1 Å². The minimum absolute atomic E-state index is 0.222. The van der Waals surface area contributed by atoms with Crippen molar-refractivity contribution in [1.82, 2.24) is 0 Å². The third kappa shape index (κ3) is 12.5. The van der Waals surface area contributed by atoms with Crippen LogP contribution in [0.3, 0.4) is 0 Å². The third-order valence-corrected chi connectivity index (χ3v) is 4.53. The SMILES string of the molecule is N[C@@H](Cc1ccccc1)C(=O)OP(N)(=O)O.N[C@H](Cc1ccccc1)C(=O)OP(N)(=O)O. The molecule has 10 N–H and O–H groups in total. The molecule has 4 atom stereocenters. The summed E-state index contributed by atoms with van der Waals surface area (Å²) in [4.78, 5) is 39.7. The number of hydrogen-bond acceptors (Lipinski definition) is 8. The van der Waals surface area contributed by atoms with E-state index in [4.69, 9.17) is 21.3 Å². The largest absolute Gasteiger partial charge is 0.455 e. The Bertz CT molecular complexity index is 886. The average molecular weight is 488 g/mol. The van der Waals surface area contributed by atoms with Crippen LogP contribution in [0.4, 0.5) is 0 Å². The predicted molar refractivity (Wildman–Crippen MR) is 116 cm³/mol. The zero-order valence-corrected chi connectivity index (χ0v) is 18.7. The summed E-state index contributed by atoms with van der Waals surface area (Å²) in [5.74, 6) is -1.98. The van der Waals surface area contributed by atoms with Crippen molar-refractivity contribution in [2.24, 2.45) is 22.5 Å². The van der Waals surface area contributed by atoms with Crippen molar-refractivity contribution in [3.63, 3.8) is 0 Å². The average Bonchev–Trinajstić information content (AvgIpc) is 2.67. The molecular weight excluding hydrogens is 462 g/mol. The van der Waals surface area contributed by atoms with Crippen LogP contribution in [0.15, 0.2) is 60.7 Å². The monoisotopic (exact) mass is 488 g/mol. The van der Waals surface area contributed by atoms with Gasteiger partial charge >= 0.3 is 27.4 Å². The third-order valence-electron chi connectivity index (χ3n) is 3.64. The molecule has 0 aliphatic rings. The topological polar surface area (TPSA) is 231 Å². The van der Waals surface area contributed by atoms with Gasteiger partial charge in [-0.05, 0) is 24.0 Å². The number of carbonyl (C=O) groups excluding carboxylic acids is 2. The Hall–Kier alpha value is -2.40. The molecule has 2 aromatic rings. The normalized spacial score (nSPS) is 16.2. The second kappa shape index (κ2) is 12.6. The lowest BCUT2D eigenvalue weighted by Gasteiger charge is -2.12. The van der Waals surface area contributed by atoms with Crippen LogP contribution in [0.25, 0.3) is 0 Å². The summed E-state index contributed by atoms with van der Waals surface area (Å²) >= 11 is 0. The maximum Gasteiger partial charge on any atom is 0.455 e. The van der Waals surface area contributed by atoms with E-state index in [1.165, 1.54) is 0 Å². The molecule has 0 aliphatic carbocycles. The molecule has 0 saturated heterocycles. The molecule has 0 aliphatic heterocycles. The van der Waals surface area contributed by atoms with Gasteiger partial charge in [-0.15, -0.1) is 0 Å². The minimum atomic E-state index is -4.31. The summed E-state index contributed by atoms with van der Waals surface area (Å²) in [6.07, 6.45) is 0.444. The number of nitrogens with two attached hydrogens (primary N) is 4. The van der Waals surface area contributed by atoms with E-state index >= 15 is 0 Å². The Morgan fingerprint density at radius 1 is 0.719 bits per heavy atom. The smallest absolute Gasteiger partial charge is 0.379 e. The van der Waals surface area contributed by atoms with Gasteiger partial charge in [0.15, 0.2) is 0 Å². The van der Waals surface area contributed by atoms with Gasteiger partial charge in [-0.25, -0.2) is 29.7 Å². The lowest BCUT2D eigenvalue weighted by Crippen LogP contribution is -2.34. The highest BCUT2D eigenvalue weighted by Gasteiger charge is 2.24. The second-order valence-electron chi connectivity index (χ2n) is 6.54. The van der Waals surface area contributed by atoms with Crippen LogP contribution < -0.4 is 22.5 Å². The molecule has 2 aromatic carbocycles. The molecule has 0 fully saturated rings. The molecular formula is C18H26N4O8P2. The molecule has 0 heterocycles. The lowest BCUT2D eigenvalue weighted by molar-refractivity contribution is -0.137. The van der Waals surface area contributed by atoms with Crippen molar-refractivity contribution < 1.29 is 37.6 Å². The second-order valence-corrected chi connectivity index (χ2v) is 9.16. The molecule has 12 nitrogen and oxygen atoms in total. The molecule has 0 spiro atoms. The molecule has 2 rings (SSSR count). The molecule has 32 heavy (non-hydrogen) atoms. The standard InChI is InChI=1S/2C9H13N2O4P/c2*10-8(9(12)15-16(11,13)14)6-7-4-2-1-3-5-7/h2*1-5,8H,6,10H2,(H3,11,13,14)/t2*8-/m10/s1. The van der Waals surface area contributed by atoms with Crippen LogP contribution in [0, 0.1) is 0 Å². The Kier molecular flexibility index (Phi) is 10.9. The number of carbonyl (C=O) groups is 2. The van der Waals surface area contributed by atoms with E-state index in [1.54, 1.807) is 48.5 Å². The molecule has 0 bridgehead atoms. The van der Waals surface area contributed by atoms with Crippen molar-refractivity contribution in [3.8, 4) is 0 Å². The zero-order chi connectivity index (χ0) is 24.4. The summed E-state index contributed by atoms with van der Waals surface area (Å²) in [6, 6.07) is 16.0. The van der Waals surface area contributed by atoms with Gasteiger partial charge in [-0.1, -0.05) is 60.7 Å². The Morgan fingerprint density at radius 2 is 1.00 bits per heavy atom. The van der Waals surface area contributed by atoms with Crippen LogP contribution in [-0.2, 0) is 40.6 Å². The van der Waals surface area contributed by atoms with Crippen LogP contribution in [0.2, 0.25) is 0 Å². The van der Waals surface area contributed by atoms with E-state index in [0.29, 0.717) is 0 Å². The van der Waals surface area contributed by atoms with Gasteiger partial charge in [0.2, 0.25) is 0 Å². The molecule has 14 heteroatoms. The molecule has 2 unspecified atom stereocenters. The van der Waals surface area contributed by atoms with Crippen molar-refractivity contribution in [2.45, 2.75) is 24.9 Å². The molecule has 0 radical (unpaired) electrons. The van der Waals surface area contributed by atoms with E-state index < -0.39 is 39.5 Å². The van der Waals surface area contributed by atoms with Crippen LogP contribution in [0.1, 0.15) is 11.1 Å². The van der Waals surface area contributed by atoms with Gasteiger partial charge < -0.3 is 30.3 Å². The summed E-state index contributed by atoms with van der Waals surface area (Å²) < 4.78 is 29.4. The maximum atomic E-state index is 11.2. The van der Waals surface area contributed by atoms with E-state index in [-0.39, 0.29) is 12.8 Å². The Labute approximate surface area is 184 Å². The number of hydrogen-bond donors (Lipinski definition) is 6. The quantitative estimate of drug-likeness (QED) is 0.276. The first kappa shape index (κ1) is 27.6. The van der Waals surface area contributed by atoms with Gasteiger partial charge in [0.05, 0.1) is 0 Å². The van der Waals surface area contributed by atoms with Gasteiger partial charge in [-0.2, -0.15) is 0 Å². The van der Waals surface area contributed by atoms with Crippen LogP contribution in [0.5, 0.6) is 0 Å². The fourth-order valence-corrected chi connectivity index (χ4v) is 3.08. The minimum Gasteiger partial charge on any atom is -0.379 e. The van der Waals surface area contributed by atoms with Crippen molar-refractivity contribution in [2.75, 3.05) is 0 Å². The van der Waals surface area contributed by atoms with Gasteiger partial charge in [-0.3, -0.25) is 0 Å². The predicted octanol–water partition coefficient (Wildman–Crippen LogP) is 0.317. The lowest BCUT2D eigenvalue weighted by atomic mass is 10.1. The molecule has 176 valence electrons. The number of benzene rings is 2. The molecule has 0 aromatic heterocycles. The van der Waals surface area contributed by atoms with Crippen molar-refractivity contribution in [3.05, 3.63) is 71.8 Å². The first-order valence-corrected chi connectivity index (χ1v) is 12.3. The van der Waals surface area contributed by atoms with Crippen LogP contribution in [-0.4, -0.2) is 33.8 Å². The molecule has 0 saturated carbocycles. The van der Waals surface area contributed by atoms with Crippen LogP contribution >= 0.6 is 15.5 Å². The molecule has 0 amide bonds. The van der Waals surface area contributed by atoms with Gasteiger partial charge in [0.1, 0.15) is 12.1 Å². The van der Waals surface area contributed by atoms with Crippen molar-refractivity contribution >= 4 is 27.4 Å². The first-order valence-electron chi connectivity index (χ1n) is 9.05.